The number of nitrogens with zero attached hydrogens (tertiary/aromatic N) is 3. The minimum absolute atomic E-state index is 0.278. The van der Waals surface area contributed by atoms with Crippen molar-refractivity contribution in [2.24, 2.45) is 7.05 Å². The number of rotatable bonds is 4. The molecule has 0 atom stereocenters. The molecule has 0 bridgehead atoms. The Bertz CT molecular complexity index is 581. The summed E-state index contributed by atoms with van der Waals surface area (Å²) in [6.07, 6.45) is 2.39. The highest BCUT2D eigenvalue weighted by molar-refractivity contribution is 9.10. The predicted octanol–water partition coefficient (Wildman–Crippen LogP) is 2.28. The van der Waals surface area contributed by atoms with Gasteiger partial charge in [-0.3, -0.25) is 4.79 Å². The molecule has 0 aliphatic heterocycles. The van der Waals surface area contributed by atoms with Crippen LogP contribution >= 0.6 is 15.9 Å². The van der Waals surface area contributed by atoms with E-state index in [1.165, 1.54) is 0 Å². The lowest BCUT2D eigenvalue weighted by Crippen LogP contribution is -2.05. The largest absolute Gasteiger partial charge is 0.485 e. The van der Waals surface area contributed by atoms with Crippen molar-refractivity contribution in [1.82, 2.24) is 14.8 Å². The number of hydrogen-bond donors (Lipinski definition) is 0. The molecule has 0 N–H and O–H groups in total. The molecule has 0 radical (unpaired) electrons. The van der Waals surface area contributed by atoms with Crippen molar-refractivity contribution in [1.29, 1.82) is 0 Å². The molecule has 6 heteroatoms. The number of aryl methyl sites for hydroxylation is 2. The smallest absolute Gasteiger partial charge is 0.170 e. The van der Waals surface area contributed by atoms with E-state index in [9.17, 15) is 4.79 Å². The van der Waals surface area contributed by atoms with Gasteiger partial charge in [0, 0.05) is 11.5 Å². The molecule has 2 aromatic rings. The molecule has 0 spiro atoms. The van der Waals surface area contributed by atoms with Gasteiger partial charge in [-0.1, -0.05) is 15.9 Å². The van der Waals surface area contributed by atoms with Crippen molar-refractivity contribution < 1.29 is 9.53 Å². The summed E-state index contributed by atoms with van der Waals surface area (Å²) >= 11 is 3.35. The quantitative estimate of drug-likeness (QED) is 0.813. The number of ether oxygens (including phenoxy) is 1. The first-order valence-corrected chi connectivity index (χ1v) is 6.12. The van der Waals surface area contributed by atoms with E-state index in [1.54, 1.807) is 17.0 Å². The minimum Gasteiger partial charge on any atom is -0.485 e. The number of benzene rings is 1. The second-order valence-corrected chi connectivity index (χ2v) is 4.82. The van der Waals surface area contributed by atoms with Crippen LogP contribution in [-0.4, -0.2) is 21.1 Å². The third kappa shape index (κ3) is 2.59. The molecule has 1 aromatic heterocycles. The molecule has 1 heterocycles. The number of aromatic nitrogens is 3. The topological polar surface area (TPSA) is 57.0 Å². The Hall–Kier alpha value is -1.69. The predicted molar refractivity (Wildman–Crippen MR) is 69.6 cm³/mol. The maximum atomic E-state index is 11.0. The molecular formula is C12H12BrN3O2. The van der Waals surface area contributed by atoms with E-state index in [4.69, 9.17) is 4.74 Å². The first-order chi connectivity index (χ1) is 8.61. The summed E-state index contributed by atoms with van der Waals surface area (Å²) in [4.78, 5) is 11.0. The summed E-state index contributed by atoms with van der Waals surface area (Å²) in [6.45, 7) is 2.17. The molecule has 0 saturated heterocycles. The van der Waals surface area contributed by atoms with Gasteiger partial charge in [0.1, 0.15) is 18.7 Å². The van der Waals surface area contributed by atoms with E-state index in [-0.39, 0.29) is 6.61 Å². The fourth-order valence-corrected chi connectivity index (χ4v) is 2.21. The van der Waals surface area contributed by atoms with Gasteiger partial charge in [0.15, 0.2) is 12.1 Å². The van der Waals surface area contributed by atoms with Crippen molar-refractivity contribution >= 4 is 22.2 Å². The van der Waals surface area contributed by atoms with Gasteiger partial charge >= 0.3 is 0 Å². The first-order valence-electron chi connectivity index (χ1n) is 5.33. The van der Waals surface area contributed by atoms with E-state index >= 15 is 0 Å². The Labute approximate surface area is 113 Å². The molecule has 0 fully saturated rings. The van der Waals surface area contributed by atoms with Crippen LogP contribution in [-0.2, 0) is 13.7 Å². The second-order valence-electron chi connectivity index (χ2n) is 3.91. The third-order valence-electron chi connectivity index (χ3n) is 2.55. The molecule has 18 heavy (non-hydrogen) atoms. The van der Waals surface area contributed by atoms with Gasteiger partial charge in [0.2, 0.25) is 0 Å². The highest BCUT2D eigenvalue weighted by Gasteiger charge is 2.10. The normalized spacial score (nSPS) is 10.4. The SMILES string of the molecule is Cc1cc(Br)cc(C=O)c1OCc1nncn1C. The van der Waals surface area contributed by atoms with Crippen LogP contribution in [0.2, 0.25) is 0 Å². The minimum atomic E-state index is 0.278. The number of aldehydes is 1. The Morgan fingerprint density at radius 2 is 2.28 bits per heavy atom. The number of hydrogen-bond acceptors (Lipinski definition) is 4. The van der Waals surface area contributed by atoms with E-state index in [0.717, 1.165) is 16.3 Å². The van der Waals surface area contributed by atoms with Crippen LogP contribution in [0, 0.1) is 6.92 Å². The van der Waals surface area contributed by atoms with E-state index < -0.39 is 0 Å². The fraction of sp³-hybridized carbons (Fsp3) is 0.250. The molecule has 0 saturated carbocycles. The summed E-state index contributed by atoms with van der Waals surface area (Å²) < 4.78 is 8.29. The van der Waals surface area contributed by atoms with Gasteiger partial charge in [-0.15, -0.1) is 10.2 Å². The van der Waals surface area contributed by atoms with Gasteiger partial charge in [-0.25, -0.2) is 0 Å². The molecular weight excluding hydrogens is 298 g/mol. The van der Waals surface area contributed by atoms with Crippen LogP contribution in [0.25, 0.3) is 0 Å². The Morgan fingerprint density at radius 3 is 2.89 bits per heavy atom. The van der Waals surface area contributed by atoms with Crippen LogP contribution in [0.5, 0.6) is 5.75 Å². The van der Waals surface area contributed by atoms with Crippen LogP contribution < -0.4 is 4.74 Å². The standard InChI is InChI=1S/C12H12BrN3O2/c1-8-3-10(13)4-9(5-17)12(8)18-6-11-15-14-7-16(11)2/h3-5,7H,6H2,1-2H3. The van der Waals surface area contributed by atoms with Crippen LogP contribution in [0.1, 0.15) is 21.7 Å². The van der Waals surface area contributed by atoms with Gasteiger partial charge in [0.05, 0.1) is 5.56 Å². The number of halogens is 1. The highest BCUT2D eigenvalue weighted by Crippen LogP contribution is 2.27. The van der Waals surface area contributed by atoms with Crippen molar-refractivity contribution in [2.75, 3.05) is 0 Å². The van der Waals surface area contributed by atoms with Gasteiger partial charge in [-0.05, 0) is 24.6 Å². The summed E-state index contributed by atoms with van der Waals surface area (Å²) in [5.41, 5.74) is 1.41. The van der Waals surface area contributed by atoms with Crippen LogP contribution in [0.4, 0.5) is 0 Å². The summed E-state index contributed by atoms with van der Waals surface area (Å²) in [5.74, 6) is 1.28. The zero-order chi connectivity index (χ0) is 13.1. The van der Waals surface area contributed by atoms with Gasteiger partial charge < -0.3 is 9.30 Å². The molecule has 94 valence electrons. The van der Waals surface area contributed by atoms with E-state index in [2.05, 4.69) is 26.1 Å². The van der Waals surface area contributed by atoms with Gasteiger partial charge in [-0.2, -0.15) is 0 Å². The van der Waals surface area contributed by atoms with Gasteiger partial charge in [0.25, 0.3) is 0 Å². The first kappa shape index (κ1) is 12.8. The zero-order valence-corrected chi connectivity index (χ0v) is 11.6. The highest BCUT2D eigenvalue weighted by atomic mass is 79.9. The number of carbonyl (C=O) groups is 1. The summed E-state index contributed by atoms with van der Waals surface area (Å²) in [5, 5.41) is 7.69. The Kier molecular flexibility index (Phi) is 3.76. The van der Waals surface area contributed by atoms with Crippen molar-refractivity contribution in [2.45, 2.75) is 13.5 Å². The summed E-state index contributed by atoms with van der Waals surface area (Å²) in [7, 11) is 1.84. The molecule has 0 amide bonds. The van der Waals surface area contributed by atoms with Crippen molar-refractivity contribution in [3.8, 4) is 5.75 Å². The second kappa shape index (κ2) is 5.30. The molecule has 2 rings (SSSR count). The lowest BCUT2D eigenvalue weighted by molar-refractivity contribution is 0.111. The monoisotopic (exact) mass is 309 g/mol. The third-order valence-corrected chi connectivity index (χ3v) is 3.00. The van der Waals surface area contributed by atoms with E-state index in [1.807, 2.05) is 20.0 Å². The maximum Gasteiger partial charge on any atom is 0.170 e. The molecule has 0 aliphatic rings. The lowest BCUT2D eigenvalue weighted by Gasteiger charge is -2.11. The number of carbonyl (C=O) groups excluding carboxylic acids is 1. The van der Waals surface area contributed by atoms with E-state index in [0.29, 0.717) is 17.1 Å². The Morgan fingerprint density at radius 1 is 1.50 bits per heavy atom. The molecule has 5 nitrogen and oxygen atoms in total. The Balaban J connectivity index is 2.24. The maximum absolute atomic E-state index is 11.0. The van der Waals surface area contributed by atoms with Crippen LogP contribution in [0.3, 0.4) is 0 Å². The summed E-state index contributed by atoms with van der Waals surface area (Å²) in [6, 6.07) is 3.63. The zero-order valence-electron chi connectivity index (χ0n) is 10.1. The molecule has 0 unspecified atom stereocenters. The molecule has 1 aromatic carbocycles. The molecule has 0 aliphatic carbocycles. The lowest BCUT2D eigenvalue weighted by atomic mass is 10.1. The fourth-order valence-electron chi connectivity index (χ4n) is 1.62. The van der Waals surface area contributed by atoms with Crippen molar-refractivity contribution in [3.63, 3.8) is 0 Å². The average Bonchev–Trinajstić information content (AvgIpc) is 2.73. The van der Waals surface area contributed by atoms with Crippen molar-refractivity contribution in [3.05, 3.63) is 39.9 Å². The average molecular weight is 310 g/mol. The van der Waals surface area contributed by atoms with Crippen LogP contribution in [0.15, 0.2) is 22.9 Å².